The molecule has 0 saturated carbocycles. The summed E-state index contributed by atoms with van der Waals surface area (Å²) in [5.74, 6) is 0.992. The molecule has 1 aliphatic rings. The highest BCUT2D eigenvalue weighted by Crippen LogP contribution is 2.25. The number of aromatic nitrogens is 1. The average Bonchev–Trinajstić information content (AvgIpc) is 2.88. The minimum absolute atomic E-state index is 0.215. The third-order valence-electron chi connectivity index (χ3n) is 2.96. The summed E-state index contributed by atoms with van der Waals surface area (Å²) in [4.78, 5) is 5.64. The smallest absolute Gasteiger partial charge is 0.0931 e. The highest BCUT2D eigenvalue weighted by molar-refractivity contribution is 7.11. The number of aliphatic hydroxyl groups is 1. The Labute approximate surface area is 94.5 Å². The number of nitrogens with zero attached hydrogens (tertiary/aromatic N) is 1. The third kappa shape index (κ3) is 2.77. The lowest BCUT2D eigenvalue weighted by Crippen LogP contribution is -2.10. The van der Waals surface area contributed by atoms with Crippen LogP contribution in [0.5, 0.6) is 0 Å². The van der Waals surface area contributed by atoms with Crippen molar-refractivity contribution in [3.05, 3.63) is 16.1 Å². The van der Waals surface area contributed by atoms with Gasteiger partial charge in [-0.25, -0.2) is 4.98 Å². The quantitative estimate of drug-likeness (QED) is 0.815. The molecule has 1 aromatic heterocycles. The van der Waals surface area contributed by atoms with E-state index in [1.54, 1.807) is 11.3 Å². The molecule has 0 bridgehead atoms. The zero-order valence-corrected chi connectivity index (χ0v) is 9.89. The lowest BCUT2D eigenvalue weighted by atomic mass is 10.1. The molecule has 2 heterocycles. The summed E-state index contributed by atoms with van der Waals surface area (Å²) in [5, 5.41) is 13.6. The van der Waals surface area contributed by atoms with Crippen molar-refractivity contribution in [2.45, 2.75) is 25.7 Å². The fraction of sp³-hybridized carbons (Fsp3) is 0.727. The van der Waals surface area contributed by atoms with Crippen LogP contribution in [-0.2, 0) is 6.42 Å². The predicted octanol–water partition coefficient (Wildman–Crippen LogP) is 1.39. The summed E-state index contributed by atoms with van der Waals surface area (Å²) in [7, 11) is 0. The molecular formula is C11H18N2OS. The Balaban J connectivity index is 1.94. The van der Waals surface area contributed by atoms with Crippen molar-refractivity contribution >= 4 is 11.3 Å². The Bertz CT molecular complexity index is 307. The molecule has 4 heteroatoms. The van der Waals surface area contributed by atoms with Gasteiger partial charge in [0.25, 0.3) is 0 Å². The summed E-state index contributed by atoms with van der Waals surface area (Å²) in [5.41, 5.74) is 0. The van der Waals surface area contributed by atoms with Gasteiger partial charge in [0.2, 0.25) is 0 Å². The molecule has 3 nitrogen and oxygen atoms in total. The summed E-state index contributed by atoms with van der Waals surface area (Å²) < 4.78 is 0. The van der Waals surface area contributed by atoms with E-state index in [4.69, 9.17) is 5.11 Å². The summed E-state index contributed by atoms with van der Waals surface area (Å²) in [6.45, 7) is 4.53. The number of thiazole rings is 1. The van der Waals surface area contributed by atoms with Crippen LogP contribution in [0.25, 0.3) is 0 Å². The van der Waals surface area contributed by atoms with Gasteiger partial charge in [-0.15, -0.1) is 11.3 Å². The van der Waals surface area contributed by atoms with Crippen molar-refractivity contribution in [3.63, 3.8) is 0 Å². The van der Waals surface area contributed by atoms with Crippen molar-refractivity contribution in [1.82, 2.24) is 10.3 Å². The van der Waals surface area contributed by atoms with Gasteiger partial charge in [0.05, 0.1) is 11.6 Å². The van der Waals surface area contributed by atoms with Gasteiger partial charge >= 0.3 is 0 Å². The van der Waals surface area contributed by atoms with Crippen LogP contribution in [0.15, 0.2) is 6.20 Å². The van der Waals surface area contributed by atoms with Gasteiger partial charge in [0.1, 0.15) is 0 Å². The maximum absolute atomic E-state index is 9.05. The van der Waals surface area contributed by atoms with Crippen LogP contribution in [0.3, 0.4) is 0 Å². The molecule has 1 fully saturated rings. The monoisotopic (exact) mass is 226 g/mol. The fourth-order valence-corrected chi connectivity index (χ4v) is 2.95. The topological polar surface area (TPSA) is 45.2 Å². The normalized spacial score (nSPS) is 23.2. The van der Waals surface area contributed by atoms with Crippen LogP contribution in [0.1, 0.15) is 29.1 Å². The van der Waals surface area contributed by atoms with E-state index in [2.05, 4.69) is 10.3 Å². The highest BCUT2D eigenvalue weighted by atomic mass is 32.1. The Morgan fingerprint density at radius 3 is 3.27 bits per heavy atom. The van der Waals surface area contributed by atoms with Gasteiger partial charge in [-0.2, -0.15) is 0 Å². The largest absolute Gasteiger partial charge is 0.396 e. The molecule has 0 aromatic carbocycles. The van der Waals surface area contributed by atoms with E-state index in [-0.39, 0.29) is 12.5 Å². The Hall–Kier alpha value is -0.450. The SMILES string of the molecule is CC(CO)c1cnc(CC2CCNC2)s1. The minimum atomic E-state index is 0.215. The van der Waals surface area contributed by atoms with E-state index in [0.717, 1.165) is 25.4 Å². The molecule has 2 atom stereocenters. The van der Waals surface area contributed by atoms with Crippen molar-refractivity contribution in [3.8, 4) is 0 Å². The molecule has 0 amide bonds. The van der Waals surface area contributed by atoms with Crippen LogP contribution in [-0.4, -0.2) is 29.8 Å². The Kier molecular flexibility index (Phi) is 3.72. The van der Waals surface area contributed by atoms with Gasteiger partial charge in [-0.05, 0) is 25.4 Å². The molecule has 15 heavy (non-hydrogen) atoms. The molecule has 2 N–H and O–H groups in total. The number of hydrogen-bond acceptors (Lipinski definition) is 4. The second kappa shape index (κ2) is 5.05. The maximum atomic E-state index is 9.05. The lowest BCUT2D eigenvalue weighted by molar-refractivity contribution is 0.274. The zero-order chi connectivity index (χ0) is 10.7. The molecule has 1 saturated heterocycles. The van der Waals surface area contributed by atoms with Crippen LogP contribution in [0.4, 0.5) is 0 Å². The van der Waals surface area contributed by atoms with Gasteiger partial charge in [0.15, 0.2) is 0 Å². The van der Waals surface area contributed by atoms with Gasteiger partial charge in [0, 0.05) is 23.4 Å². The van der Waals surface area contributed by atoms with Crippen molar-refractivity contribution in [2.75, 3.05) is 19.7 Å². The van der Waals surface area contributed by atoms with E-state index in [1.165, 1.54) is 16.3 Å². The average molecular weight is 226 g/mol. The number of nitrogens with one attached hydrogen (secondary N) is 1. The third-order valence-corrected chi connectivity index (χ3v) is 4.21. The van der Waals surface area contributed by atoms with Gasteiger partial charge in [-0.3, -0.25) is 0 Å². The Morgan fingerprint density at radius 2 is 2.60 bits per heavy atom. The van der Waals surface area contributed by atoms with Crippen LogP contribution < -0.4 is 5.32 Å². The first kappa shape index (κ1) is 11.0. The van der Waals surface area contributed by atoms with E-state index in [0.29, 0.717) is 0 Å². The fourth-order valence-electron chi connectivity index (χ4n) is 1.87. The van der Waals surface area contributed by atoms with Gasteiger partial charge < -0.3 is 10.4 Å². The first-order valence-electron chi connectivity index (χ1n) is 5.55. The molecule has 2 unspecified atom stereocenters. The lowest BCUT2D eigenvalue weighted by Gasteiger charge is -2.04. The molecular weight excluding hydrogens is 208 g/mol. The highest BCUT2D eigenvalue weighted by Gasteiger charge is 2.17. The number of rotatable bonds is 4. The number of aliphatic hydroxyl groups excluding tert-OH is 1. The molecule has 1 aromatic rings. The summed E-state index contributed by atoms with van der Waals surface area (Å²) >= 11 is 1.75. The van der Waals surface area contributed by atoms with Crippen molar-refractivity contribution in [2.24, 2.45) is 5.92 Å². The molecule has 0 spiro atoms. The van der Waals surface area contributed by atoms with Crippen LogP contribution in [0, 0.1) is 5.92 Å². The van der Waals surface area contributed by atoms with E-state index < -0.39 is 0 Å². The second-order valence-corrected chi connectivity index (χ2v) is 5.45. The zero-order valence-electron chi connectivity index (χ0n) is 9.07. The van der Waals surface area contributed by atoms with Crippen molar-refractivity contribution < 1.29 is 5.11 Å². The first-order chi connectivity index (χ1) is 7.29. The number of hydrogen-bond donors (Lipinski definition) is 2. The molecule has 0 aliphatic carbocycles. The maximum Gasteiger partial charge on any atom is 0.0931 e. The van der Waals surface area contributed by atoms with E-state index in [1.807, 2.05) is 13.1 Å². The van der Waals surface area contributed by atoms with Crippen molar-refractivity contribution in [1.29, 1.82) is 0 Å². The van der Waals surface area contributed by atoms with E-state index in [9.17, 15) is 0 Å². The molecule has 0 radical (unpaired) electrons. The minimum Gasteiger partial charge on any atom is -0.396 e. The summed E-state index contributed by atoms with van der Waals surface area (Å²) in [6, 6.07) is 0. The molecule has 2 rings (SSSR count). The molecule has 84 valence electrons. The van der Waals surface area contributed by atoms with Crippen LogP contribution >= 0.6 is 11.3 Å². The Morgan fingerprint density at radius 1 is 1.73 bits per heavy atom. The molecule has 1 aliphatic heterocycles. The van der Waals surface area contributed by atoms with Crippen LogP contribution in [0.2, 0.25) is 0 Å². The standard InChI is InChI=1S/C11H18N2OS/c1-8(7-14)10-6-13-11(15-10)4-9-2-3-12-5-9/h6,8-9,12,14H,2-5,7H2,1H3. The predicted molar refractivity (Wildman–Crippen MR) is 62.3 cm³/mol. The summed E-state index contributed by atoms with van der Waals surface area (Å²) in [6.07, 6.45) is 4.28. The second-order valence-electron chi connectivity index (χ2n) is 4.30. The first-order valence-corrected chi connectivity index (χ1v) is 6.37. The van der Waals surface area contributed by atoms with E-state index >= 15 is 0 Å². The van der Waals surface area contributed by atoms with Gasteiger partial charge in [-0.1, -0.05) is 6.92 Å².